The van der Waals surface area contributed by atoms with Crippen LogP contribution < -0.4 is 10.6 Å². The van der Waals surface area contributed by atoms with E-state index in [-0.39, 0.29) is 5.91 Å². The summed E-state index contributed by atoms with van der Waals surface area (Å²) in [4.78, 5) is 21.0. The van der Waals surface area contributed by atoms with Crippen LogP contribution in [0.4, 0.5) is 17.2 Å². The number of amides is 1. The molecule has 0 aliphatic carbocycles. The van der Waals surface area contributed by atoms with Gasteiger partial charge in [-0.25, -0.2) is 9.97 Å². The molecule has 1 amide bonds. The molecule has 6 heteroatoms. The van der Waals surface area contributed by atoms with Gasteiger partial charge in [-0.3, -0.25) is 4.79 Å². The monoisotopic (exact) mass is 396 g/mol. The second-order valence-electron chi connectivity index (χ2n) is 5.59. The Balaban J connectivity index is 1.82. The Morgan fingerprint density at radius 2 is 1.72 bits per heavy atom. The molecule has 0 atom stereocenters. The summed E-state index contributed by atoms with van der Waals surface area (Å²) in [5.74, 6) is 0.820. The highest BCUT2D eigenvalue weighted by atomic mass is 79.9. The molecule has 0 spiro atoms. The topological polar surface area (TPSA) is 66.9 Å². The fourth-order valence-electron chi connectivity index (χ4n) is 2.28. The van der Waals surface area contributed by atoms with Crippen molar-refractivity contribution in [1.82, 2.24) is 9.97 Å². The number of carbonyl (C=O) groups is 1. The van der Waals surface area contributed by atoms with E-state index < -0.39 is 0 Å². The van der Waals surface area contributed by atoms with Crippen LogP contribution in [0.25, 0.3) is 0 Å². The largest absolute Gasteiger partial charge is 0.340 e. The smallest absolute Gasteiger partial charge is 0.274 e. The molecule has 3 rings (SSSR count). The van der Waals surface area contributed by atoms with E-state index in [2.05, 4.69) is 36.5 Å². The normalized spacial score (nSPS) is 10.4. The molecule has 0 aliphatic heterocycles. The zero-order valence-corrected chi connectivity index (χ0v) is 15.5. The third-order valence-electron chi connectivity index (χ3n) is 3.55. The molecule has 5 nitrogen and oxygen atoms in total. The first-order valence-electron chi connectivity index (χ1n) is 7.76. The number of nitrogens with zero attached hydrogens (tertiary/aromatic N) is 2. The summed E-state index contributed by atoms with van der Waals surface area (Å²) in [5, 5.41) is 6.04. The third-order valence-corrected chi connectivity index (χ3v) is 4.40. The van der Waals surface area contributed by atoms with Crippen molar-refractivity contribution in [2.75, 3.05) is 10.6 Å². The van der Waals surface area contributed by atoms with Crippen LogP contribution in [0.15, 0.2) is 59.1 Å². The molecule has 0 saturated heterocycles. The maximum atomic E-state index is 12.4. The lowest BCUT2D eigenvalue weighted by molar-refractivity contribution is 0.102. The Hall–Kier alpha value is -2.73. The molecule has 0 bridgehead atoms. The van der Waals surface area contributed by atoms with Crippen LogP contribution in [0, 0.1) is 13.8 Å². The second-order valence-corrected chi connectivity index (χ2v) is 6.45. The van der Waals surface area contributed by atoms with Crippen molar-refractivity contribution in [2.24, 2.45) is 0 Å². The number of anilines is 3. The fourth-order valence-corrected chi connectivity index (χ4v) is 2.66. The number of aryl methyl sites for hydroxylation is 2. The van der Waals surface area contributed by atoms with Gasteiger partial charge in [0.15, 0.2) is 0 Å². The minimum atomic E-state index is -0.273. The molecular formula is C19H17BrN4O. The van der Waals surface area contributed by atoms with E-state index in [4.69, 9.17) is 0 Å². The van der Waals surface area contributed by atoms with Gasteiger partial charge in [0.25, 0.3) is 5.91 Å². The highest BCUT2D eigenvalue weighted by Crippen LogP contribution is 2.23. The van der Waals surface area contributed by atoms with E-state index in [1.54, 1.807) is 13.0 Å². The van der Waals surface area contributed by atoms with Crippen LogP contribution in [-0.2, 0) is 0 Å². The number of hydrogen-bond acceptors (Lipinski definition) is 4. The van der Waals surface area contributed by atoms with E-state index in [9.17, 15) is 4.79 Å². The Kier molecular flexibility index (Phi) is 5.09. The summed E-state index contributed by atoms with van der Waals surface area (Å²) in [6, 6.07) is 16.8. The minimum absolute atomic E-state index is 0.273. The molecule has 0 fully saturated rings. The molecule has 0 saturated carbocycles. The predicted molar refractivity (Wildman–Crippen MR) is 103 cm³/mol. The Morgan fingerprint density at radius 1 is 0.960 bits per heavy atom. The fraction of sp³-hybridized carbons (Fsp3) is 0.105. The number of rotatable bonds is 4. The average Bonchev–Trinajstić information content (AvgIpc) is 2.58. The van der Waals surface area contributed by atoms with Crippen LogP contribution in [-0.4, -0.2) is 15.9 Å². The first-order chi connectivity index (χ1) is 12.0. The predicted octanol–water partition coefficient (Wildman–Crippen LogP) is 4.85. The van der Waals surface area contributed by atoms with E-state index >= 15 is 0 Å². The number of nitrogens with one attached hydrogen (secondary N) is 2. The third kappa shape index (κ3) is 4.42. The molecule has 126 valence electrons. The van der Waals surface area contributed by atoms with E-state index in [1.165, 1.54) is 0 Å². The number of benzene rings is 2. The number of carbonyl (C=O) groups excluding carboxylic acids is 1. The summed E-state index contributed by atoms with van der Waals surface area (Å²) in [7, 11) is 0. The Bertz CT molecular complexity index is 913. The number of hydrogen-bond donors (Lipinski definition) is 2. The summed E-state index contributed by atoms with van der Waals surface area (Å²) < 4.78 is 1.00. The lowest BCUT2D eigenvalue weighted by Gasteiger charge is -2.10. The van der Waals surface area contributed by atoms with Crippen molar-refractivity contribution in [3.63, 3.8) is 0 Å². The maximum absolute atomic E-state index is 12.4. The molecule has 3 aromatic rings. The van der Waals surface area contributed by atoms with Crippen LogP contribution in [0.2, 0.25) is 0 Å². The van der Waals surface area contributed by atoms with E-state index in [0.29, 0.717) is 17.3 Å². The average molecular weight is 397 g/mol. The Morgan fingerprint density at radius 3 is 2.44 bits per heavy atom. The summed E-state index contributed by atoms with van der Waals surface area (Å²) in [5.41, 5.74) is 3.06. The number of para-hydroxylation sites is 1. The van der Waals surface area contributed by atoms with Crippen LogP contribution in [0.3, 0.4) is 0 Å². The summed E-state index contributed by atoms with van der Waals surface area (Å²) in [6.45, 7) is 3.78. The van der Waals surface area contributed by atoms with Gasteiger partial charge < -0.3 is 10.6 Å². The van der Waals surface area contributed by atoms with Crippen molar-refractivity contribution >= 4 is 39.0 Å². The summed E-state index contributed by atoms with van der Waals surface area (Å²) in [6.07, 6.45) is 0. The zero-order chi connectivity index (χ0) is 17.8. The molecule has 2 N–H and O–H groups in total. The molecular weight excluding hydrogens is 380 g/mol. The van der Waals surface area contributed by atoms with Gasteiger partial charge >= 0.3 is 0 Å². The van der Waals surface area contributed by atoms with Gasteiger partial charge in [0.05, 0.1) is 0 Å². The SMILES string of the molecule is Cc1nc(Nc2ccc(C)c(Br)c2)cc(C(=O)Nc2ccccc2)n1. The summed E-state index contributed by atoms with van der Waals surface area (Å²) >= 11 is 3.51. The minimum Gasteiger partial charge on any atom is -0.340 e. The van der Waals surface area contributed by atoms with Gasteiger partial charge in [-0.15, -0.1) is 0 Å². The maximum Gasteiger partial charge on any atom is 0.274 e. The quantitative estimate of drug-likeness (QED) is 0.661. The first kappa shape index (κ1) is 17.1. The lowest BCUT2D eigenvalue weighted by Crippen LogP contribution is -2.15. The van der Waals surface area contributed by atoms with Gasteiger partial charge in [0.2, 0.25) is 0 Å². The highest BCUT2D eigenvalue weighted by Gasteiger charge is 2.11. The molecule has 1 aromatic heterocycles. The molecule has 25 heavy (non-hydrogen) atoms. The Labute approximate surface area is 154 Å². The van der Waals surface area contributed by atoms with Crippen molar-refractivity contribution < 1.29 is 4.79 Å². The van der Waals surface area contributed by atoms with E-state index in [0.717, 1.165) is 21.4 Å². The van der Waals surface area contributed by atoms with Crippen molar-refractivity contribution in [1.29, 1.82) is 0 Å². The van der Waals surface area contributed by atoms with Gasteiger partial charge in [-0.1, -0.05) is 40.2 Å². The molecule has 0 aliphatic rings. The van der Waals surface area contributed by atoms with Gasteiger partial charge in [-0.05, 0) is 43.7 Å². The van der Waals surface area contributed by atoms with Crippen LogP contribution in [0.5, 0.6) is 0 Å². The lowest BCUT2D eigenvalue weighted by atomic mass is 10.2. The number of aromatic nitrogens is 2. The molecule has 0 unspecified atom stereocenters. The van der Waals surface area contributed by atoms with Crippen molar-refractivity contribution in [3.8, 4) is 0 Å². The number of halogens is 1. The highest BCUT2D eigenvalue weighted by molar-refractivity contribution is 9.10. The van der Waals surface area contributed by atoms with Gasteiger partial charge in [0.1, 0.15) is 17.3 Å². The van der Waals surface area contributed by atoms with Crippen molar-refractivity contribution in [2.45, 2.75) is 13.8 Å². The first-order valence-corrected chi connectivity index (χ1v) is 8.56. The second kappa shape index (κ2) is 7.44. The van der Waals surface area contributed by atoms with Crippen LogP contribution >= 0.6 is 15.9 Å². The standard InChI is InChI=1S/C19H17BrN4O/c1-12-8-9-15(10-16(12)20)23-18-11-17(21-13(2)22-18)19(25)24-14-6-4-3-5-7-14/h3-11H,1-2H3,(H,24,25)(H,21,22,23). The van der Waals surface area contributed by atoms with E-state index in [1.807, 2.05) is 55.5 Å². The van der Waals surface area contributed by atoms with Gasteiger partial charge in [-0.2, -0.15) is 0 Å². The molecule has 2 aromatic carbocycles. The van der Waals surface area contributed by atoms with Crippen LogP contribution in [0.1, 0.15) is 21.9 Å². The molecule has 1 heterocycles. The molecule has 0 radical (unpaired) electrons. The zero-order valence-electron chi connectivity index (χ0n) is 13.9. The van der Waals surface area contributed by atoms with Crippen molar-refractivity contribution in [3.05, 3.63) is 76.2 Å². The van der Waals surface area contributed by atoms with Gasteiger partial charge in [0, 0.05) is 21.9 Å².